The number of aromatic nitrogens is 1. The van der Waals surface area contributed by atoms with E-state index >= 15 is 0 Å². The fourth-order valence-corrected chi connectivity index (χ4v) is 2.19. The maximum Gasteiger partial charge on any atom is 0.344 e. The van der Waals surface area contributed by atoms with Gasteiger partial charge in [0.15, 0.2) is 5.76 Å². The predicted octanol–water partition coefficient (Wildman–Crippen LogP) is 2.97. The molecule has 19 heavy (non-hydrogen) atoms. The summed E-state index contributed by atoms with van der Waals surface area (Å²) in [6.45, 7) is 3.64. The Hall–Kier alpha value is -2.17. The smallest absolute Gasteiger partial charge is 0.344 e. The number of benzene rings is 1. The molecule has 0 bridgehead atoms. The van der Waals surface area contributed by atoms with Crippen LogP contribution in [-0.2, 0) is 11.2 Å². The average Bonchev–Trinajstić information content (AvgIpc) is 2.72. The number of carbonyl (C=O) groups excluding carboxylic acids is 1. The van der Waals surface area contributed by atoms with Crippen LogP contribution < -0.4 is 0 Å². The fraction of sp³-hybridized carbons (Fsp3) is 0.286. The molecule has 0 saturated heterocycles. The summed E-state index contributed by atoms with van der Waals surface area (Å²) in [5.41, 5.74) is 0.944. The molecular formula is C14H12FNO3. The molecule has 0 aliphatic carbocycles. The Labute approximate surface area is 109 Å². The van der Waals surface area contributed by atoms with Gasteiger partial charge in [-0.2, -0.15) is 0 Å². The van der Waals surface area contributed by atoms with Crippen molar-refractivity contribution in [2.24, 2.45) is 0 Å². The summed E-state index contributed by atoms with van der Waals surface area (Å²) in [4.78, 5) is 12.0. The molecule has 98 valence electrons. The third-order valence-electron chi connectivity index (χ3n) is 3.04. The van der Waals surface area contributed by atoms with Gasteiger partial charge in [0.05, 0.1) is 0 Å². The van der Waals surface area contributed by atoms with E-state index in [0.29, 0.717) is 29.0 Å². The van der Waals surface area contributed by atoms with Crippen LogP contribution in [0.2, 0.25) is 0 Å². The van der Waals surface area contributed by atoms with Crippen molar-refractivity contribution >= 4 is 5.97 Å². The summed E-state index contributed by atoms with van der Waals surface area (Å²) in [5.74, 6) is -0.469. The first-order valence-electron chi connectivity index (χ1n) is 5.94. The monoisotopic (exact) mass is 261 g/mol. The van der Waals surface area contributed by atoms with Crippen LogP contribution >= 0.6 is 0 Å². The van der Waals surface area contributed by atoms with Crippen molar-refractivity contribution in [2.45, 2.75) is 25.9 Å². The molecule has 5 heteroatoms. The quantitative estimate of drug-likeness (QED) is 0.740. The Morgan fingerprint density at radius 2 is 1.95 bits per heavy atom. The van der Waals surface area contributed by atoms with Gasteiger partial charge in [-0.1, -0.05) is 5.16 Å². The number of esters is 1. The predicted molar refractivity (Wildman–Crippen MR) is 65.1 cm³/mol. The number of hydrogen-bond donors (Lipinski definition) is 0. The molecule has 0 N–H and O–H groups in total. The minimum Gasteiger partial charge on any atom is -0.456 e. The van der Waals surface area contributed by atoms with Crippen molar-refractivity contribution in [3.8, 4) is 11.3 Å². The van der Waals surface area contributed by atoms with E-state index in [1.54, 1.807) is 12.1 Å². The Bertz CT molecular complexity index is 643. The van der Waals surface area contributed by atoms with E-state index in [1.807, 2.05) is 13.8 Å². The van der Waals surface area contributed by atoms with Crippen LogP contribution in [0.15, 0.2) is 28.8 Å². The molecule has 0 saturated carbocycles. The summed E-state index contributed by atoms with van der Waals surface area (Å²) >= 11 is 0. The number of cyclic esters (lactones) is 1. The molecule has 3 rings (SSSR count). The first kappa shape index (κ1) is 11.9. The van der Waals surface area contributed by atoms with E-state index in [2.05, 4.69) is 5.16 Å². The van der Waals surface area contributed by atoms with E-state index in [4.69, 9.17) is 9.26 Å². The number of halogens is 1. The van der Waals surface area contributed by atoms with Gasteiger partial charge in [-0.3, -0.25) is 0 Å². The molecule has 4 nitrogen and oxygen atoms in total. The molecule has 0 unspecified atom stereocenters. The summed E-state index contributed by atoms with van der Waals surface area (Å²) in [5, 5.41) is 3.93. The van der Waals surface area contributed by atoms with E-state index in [0.717, 1.165) is 0 Å². The first-order valence-corrected chi connectivity index (χ1v) is 5.94. The molecule has 2 aromatic rings. The van der Waals surface area contributed by atoms with Crippen LogP contribution in [-0.4, -0.2) is 16.7 Å². The maximum absolute atomic E-state index is 12.9. The molecule has 2 heterocycles. The van der Waals surface area contributed by atoms with Gasteiger partial charge in [-0.15, -0.1) is 0 Å². The van der Waals surface area contributed by atoms with Gasteiger partial charge in [0, 0.05) is 12.0 Å². The highest BCUT2D eigenvalue weighted by Gasteiger charge is 2.37. The molecule has 1 aromatic carbocycles. The second-order valence-corrected chi connectivity index (χ2v) is 5.17. The molecule has 0 spiro atoms. The van der Waals surface area contributed by atoms with Crippen molar-refractivity contribution in [3.63, 3.8) is 0 Å². The van der Waals surface area contributed by atoms with Gasteiger partial charge in [0.2, 0.25) is 0 Å². The zero-order valence-electron chi connectivity index (χ0n) is 10.6. The van der Waals surface area contributed by atoms with Gasteiger partial charge in [0.1, 0.15) is 22.7 Å². The van der Waals surface area contributed by atoms with Crippen LogP contribution in [0, 0.1) is 5.82 Å². The summed E-state index contributed by atoms with van der Waals surface area (Å²) in [7, 11) is 0. The van der Waals surface area contributed by atoms with E-state index in [-0.39, 0.29) is 5.82 Å². The average molecular weight is 261 g/mol. The van der Waals surface area contributed by atoms with Gasteiger partial charge in [-0.25, -0.2) is 9.18 Å². The molecule has 1 aromatic heterocycles. The molecule has 1 aliphatic rings. The minimum atomic E-state index is -0.582. The number of hydrogen-bond acceptors (Lipinski definition) is 4. The Morgan fingerprint density at radius 3 is 2.63 bits per heavy atom. The Balaban J connectivity index is 2.09. The van der Waals surface area contributed by atoms with E-state index < -0.39 is 11.6 Å². The van der Waals surface area contributed by atoms with E-state index in [9.17, 15) is 9.18 Å². The van der Waals surface area contributed by atoms with Crippen molar-refractivity contribution < 1.29 is 18.4 Å². The number of ether oxygens (including phenoxy) is 1. The molecule has 0 atom stereocenters. The van der Waals surface area contributed by atoms with Crippen molar-refractivity contribution in [1.82, 2.24) is 5.16 Å². The standard InChI is InChI=1S/C14H12FNO3/c1-14(2)7-10-11(13(17)18-14)12(19-16-10)8-3-5-9(15)6-4-8/h3-6H,7H2,1-2H3. The number of rotatable bonds is 1. The number of carbonyl (C=O) groups is 1. The van der Waals surface area contributed by atoms with Gasteiger partial charge in [-0.05, 0) is 38.1 Å². The van der Waals surface area contributed by atoms with Crippen LogP contribution in [0.25, 0.3) is 11.3 Å². The Morgan fingerprint density at radius 1 is 1.26 bits per heavy atom. The summed E-state index contributed by atoms with van der Waals surface area (Å²) in [6, 6.07) is 5.71. The highest BCUT2D eigenvalue weighted by molar-refractivity contribution is 5.97. The lowest BCUT2D eigenvalue weighted by Crippen LogP contribution is -2.35. The normalized spacial score (nSPS) is 16.9. The van der Waals surface area contributed by atoms with Gasteiger partial charge < -0.3 is 9.26 Å². The maximum atomic E-state index is 12.9. The van der Waals surface area contributed by atoms with Gasteiger partial charge in [0.25, 0.3) is 0 Å². The number of fused-ring (bicyclic) bond motifs is 1. The van der Waals surface area contributed by atoms with Crippen LogP contribution in [0.4, 0.5) is 4.39 Å². The lowest BCUT2D eigenvalue weighted by Gasteiger charge is -2.28. The van der Waals surface area contributed by atoms with Gasteiger partial charge >= 0.3 is 5.97 Å². The molecule has 1 aliphatic heterocycles. The molecular weight excluding hydrogens is 249 g/mol. The van der Waals surface area contributed by atoms with Crippen molar-refractivity contribution in [3.05, 3.63) is 41.3 Å². The van der Waals surface area contributed by atoms with Crippen molar-refractivity contribution in [1.29, 1.82) is 0 Å². The third-order valence-corrected chi connectivity index (χ3v) is 3.04. The van der Waals surface area contributed by atoms with Crippen LogP contribution in [0.3, 0.4) is 0 Å². The lowest BCUT2D eigenvalue weighted by atomic mass is 9.94. The topological polar surface area (TPSA) is 52.3 Å². The van der Waals surface area contributed by atoms with Crippen LogP contribution in [0.1, 0.15) is 29.9 Å². The highest BCUT2D eigenvalue weighted by atomic mass is 19.1. The zero-order chi connectivity index (χ0) is 13.6. The minimum absolute atomic E-state index is 0.329. The highest BCUT2D eigenvalue weighted by Crippen LogP contribution is 2.34. The fourth-order valence-electron chi connectivity index (χ4n) is 2.19. The van der Waals surface area contributed by atoms with Crippen molar-refractivity contribution in [2.75, 3.05) is 0 Å². The second-order valence-electron chi connectivity index (χ2n) is 5.17. The SMILES string of the molecule is CC1(C)Cc2noc(-c3ccc(F)cc3)c2C(=O)O1. The largest absolute Gasteiger partial charge is 0.456 e. The first-order chi connectivity index (χ1) is 8.96. The van der Waals surface area contributed by atoms with Crippen LogP contribution in [0.5, 0.6) is 0 Å². The third kappa shape index (κ3) is 2.01. The molecule has 0 fully saturated rings. The summed E-state index contributed by atoms with van der Waals surface area (Å²) in [6.07, 6.45) is 0.499. The Kier molecular flexibility index (Phi) is 2.45. The lowest BCUT2D eigenvalue weighted by molar-refractivity contribution is -0.00682. The van der Waals surface area contributed by atoms with E-state index in [1.165, 1.54) is 12.1 Å². The number of nitrogens with zero attached hydrogens (tertiary/aromatic N) is 1. The zero-order valence-corrected chi connectivity index (χ0v) is 10.6. The second kappa shape index (κ2) is 3.91. The summed E-state index contributed by atoms with van der Waals surface area (Å²) < 4.78 is 23.5. The molecule has 0 amide bonds. The molecule has 0 radical (unpaired) electrons.